The Labute approximate surface area is 248 Å². The Morgan fingerprint density at radius 3 is 2.26 bits per heavy atom. The number of aryl methyl sites for hydroxylation is 1. The van der Waals surface area contributed by atoms with Crippen LogP contribution in [-0.4, -0.2) is 50.0 Å². The number of nitrogens with zero attached hydrogens (tertiary/aromatic N) is 2. The van der Waals surface area contributed by atoms with E-state index in [1.807, 2.05) is 49.4 Å². The molecule has 1 saturated carbocycles. The molecule has 9 heteroatoms. The van der Waals surface area contributed by atoms with Gasteiger partial charge < -0.3 is 10.2 Å². The van der Waals surface area contributed by atoms with Crippen LogP contribution in [0.25, 0.3) is 0 Å². The molecule has 0 aromatic heterocycles. The van der Waals surface area contributed by atoms with Crippen molar-refractivity contribution in [2.45, 2.75) is 70.5 Å². The van der Waals surface area contributed by atoms with Crippen molar-refractivity contribution in [3.05, 3.63) is 101 Å². The maximum Gasteiger partial charge on any atom is 0.243 e. The number of nitrogens with one attached hydrogen (secondary N) is 1. The SMILES string of the molecule is Cc1ccccc1N(CCCC(=O)N(Cc1ccccc1F)C(Cc1ccccc1)C(=O)NC1CCCC1)S(C)(=O)=O. The van der Waals surface area contributed by atoms with Crippen molar-refractivity contribution in [2.24, 2.45) is 0 Å². The summed E-state index contributed by atoms with van der Waals surface area (Å²) in [6, 6.07) is 22.1. The fraction of sp³-hybridized carbons (Fsp3) is 0.394. The van der Waals surface area contributed by atoms with Gasteiger partial charge in [-0.05, 0) is 49.4 Å². The second-order valence-corrected chi connectivity index (χ2v) is 12.9. The highest BCUT2D eigenvalue weighted by molar-refractivity contribution is 7.92. The molecule has 0 heterocycles. The second kappa shape index (κ2) is 14.4. The van der Waals surface area contributed by atoms with Gasteiger partial charge in [-0.1, -0.05) is 79.6 Å². The number of halogens is 1. The highest BCUT2D eigenvalue weighted by atomic mass is 32.2. The smallest absolute Gasteiger partial charge is 0.243 e. The minimum absolute atomic E-state index is 0.00560. The second-order valence-electron chi connectivity index (χ2n) is 11.0. The molecule has 1 fully saturated rings. The molecule has 42 heavy (non-hydrogen) atoms. The number of carbonyl (C=O) groups excluding carboxylic acids is 2. The van der Waals surface area contributed by atoms with E-state index in [1.54, 1.807) is 30.3 Å². The highest BCUT2D eigenvalue weighted by Crippen LogP contribution is 2.24. The molecule has 0 radical (unpaired) electrons. The molecule has 0 saturated heterocycles. The normalized spacial score (nSPS) is 14.4. The van der Waals surface area contributed by atoms with Crippen molar-refractivity contribution in [1.82, 2.24) is 10.2 Å². The van der Waals surface area contributed by atoms with Crippen LogP contribution in [0.4, 0.5) is 10.1 Å². The first kappa shape index (κ1) is 31.2. The minimum Gasteiger partial charge on any atom is -0.352 e. The number of hydrogen-bond acceptors (Lipinski definition) is 4. The van der Waals surface area contributed by atoms with Crippen molar-refractivity contribution in [1.29, 1.82) is 0 Å². The first-order valence-electron chi connectivity index (χ1n) is 14.5. The van der Waals surface area contributed by atoms with Crippen LogP contribution in [0.15, 0.2) is 78.9 Å². The summed E-state index contributed by atoms with van der Waals surface area (Å²) < 4.78 is 41.5. The fourth-order valence-electron chi connectivity index (χ4n) is 5.56. The summed E-state index contributed by atoms with van der Waals surface area (Å²) >= 11 is 0. The van der Waals surface area contributed by atoms with E-state index in [0.717, 1.165) is 43.1 Å². The van der Waals surface area contributed by atoms with Crippen molar-refractivity contribution in [2.75, 3.05) is 17.1 Å². The molecule has 1 unspecified atom stereocenters. The molecule has 3 aromatic carbocycles. The molecule has 7 nitrogen and oxygen atoms in total. The van der Waals surface area contributed by atoms with Gasteiger partial charge in [-0.3, -0.25) is 13.9 Å². The average molecular weight is 594 g/mol. The summed E-state index contributed by atoms with van der Waals surface area (Å²) in [6.45, 7) is 1.86. The average Bonchev–Trinajstić information content (AvgIpc) is 3.47. The van der Waals surface area contributed by atoms with Crippen LogP contribution >= 0.6 is 0 Å². The lowest BCUT2D eigenvalue weighted by Crippen LogP contribution is -2.52. The van der Waals surface area contributed by atoms with Crippen LogP contribution in [0, 0.1) is 12.7 Å². The Kier molecular flexibility index (Phi) is 10.7. The molecule has 0 aliphatic heterocycles. The molecule has 1 N–H and O–H groups in total. The maximum absolute atomic E-state index is 14.8. The van der Waals surface area contributed by atoms with Gasteiger partial charge in [-0.15, -0.1) is 0 Å². The summed E-state index contributed by atoms with van der Waals surface area (Å²) in [5.74, 6) is -1.04. The van der Waals surface area contributed by atoms with Crippen LogP contribution in [0.2, 0.25) is 0 Å². The molecule has 1 aliphatic carbocycles. The van der Waals surface area contributed by atoms with E-state index in [9.17, 15) is 22.4 Å². The molecule has 2 amide bonds. The molecular weight excluding hydrogens is 553 g/mol. The quantitative estimate of drug-likeness (QED) is 0.288. The third kappa shape index (κ3) is 8.41. The topological polar surface area (TPSA) is 86.8 Å². The van der Waals surface area contributed by atoms with E-state index in [-0.39, 0.29) is 50.2 Å². The summed E-state index contributed by atoms with van der Waals surface area (Å²) in [7, 11) is -3.60. The van der Waals surface area contributed by atoms with E-state index < -0.39 is 21.9 Å². The highest BCUT2D eigenvalue weighted by Gasteiger charge is 2.32. The lowest BCUT2D eigenvalue weighted by Gasteiger charge is -2.33. The zero-order valence-corrected chi connectivity index (χ0v) is 25.2. The van der Waals surface area contributed by atoms with Gasteiger partial charge >= 0.3 is 0 Å². The van der Waals surface area contributed by atoms with Crippen LogP contribution in [0.1, 0.15) is 55.2 Å². The Bertz CT molecular complexity index is 1460. The number of anilines is 1. The Morgan fingerprint density at radius 1 is 0.952 bits per heavy atom. The van der Waals surface area contributed by atoms with Gasteiger partial charge in [0.1, 0.15) is 11.9 Å². The van der Waals surface area contributed by atoms with Crippen molar-refractivity contribution in [3.8, 4) is 0 Å². The lowest BCUT2D eigenvalue weighted by atomic mass is 10.0. The summed E-state index contributed by atoms with van der Waals surface area (Å²) in [5.41, 5.74) is 2.57. The number of para-hydroxylation sites is 1. The number of carbonyl (C=O) groups is 2. The Balaban J connectivity index is 1.60. The Hall–Kier alpha value is -3.72. The number of hydrogen-bond donors (Lipinski definition) is 1. The number of amides is 2. The van der Waals surface area contributed by atoms with Gasteiger partial charge in [0, 0.05) is 37.5 Å². The third-order valence-corrected chi connectivity index (χ3v) is 8.99. The Morgan fingerprint density at radius 2 is 1.60 bits per heavy atom. The third-order valence-electron chi connectivity index (χ3n) is 7.81. The van der Waals surface area contributed by atoms with E-state index in [1.165, 1.54) is 15.3 Å². The predicted molar refractivity (Wildman–Crippen MR) is 164 cm³/mol. The van der Waals surface area contributed by atoms with Gasteiger partial charge in [-0.2, -0.15) is 0 Å². The molecule has 0 bridgehead atoms. The molecule has 4 rings (SSSR count). The number of benzene rings is 3. The first-order valence-corrected chi connectivity index (χ1v) is 16.4. The van der Waals surface area contributed by atoms with E-state index >= 15 is 0 Å². The first-order chi connectivity index (χ1) is 20.1. The van der Waals surface area contributed by atoms with Gasteiger partial charge in [0.2, 0.25) is 21.8 Å². The van der Waals surface area contributed by atoms with Gasteiger partial charge in [-0.25, -0.2) is 12.8 Å². The largest absolute Gasteiger partial charge is 0.352 e. The fourth-order valence-corrected chi connectivity index (χ4v) is 6.58. The van der Waals surface area contributed by atoms with E-state index in [2.05, 4.69) is 5.32 Å². The molecule has 1 atom stereocenters. The van der Waals surface area contributed by atoms with Crippen molar-refractivity contribution >= 4 is 27.5 Å². The summed E-state index contributed by atoms with van der Waals surface area (Å²) in [5, 5.41) is 3.14. The monoisotopic (exact) mass is 593 g/mol. The zero-order valence-electron chi connectivity index (χ0n) is 24.3. The molecular formula is C33H40FN3O4S. The van der Waals surface area contributed by atoms with Crippen LogP contribution in [0.5, 0.6) is 0 Å². The van der Waals surface area contributed by atoms with Gasteiger partial charge in [0.05, 0.1) is 11.9 Å². The van der Waals surface area contributed by atoms with Gasteiger partial charge in [0.25, 0.3) is 0 Å². The maximum atomic E-state index is 14.8. The molecule has 0 spiro atoms. The van der Waals surface area contributed by atoms with E-state index in [0.29, 0.717) is 11.3 Å². The summed E-state index contributed by atoms with van der Waals surface area (Å²) in [4.78, 5) is 29.2. The summed E-state index contributed by atoms with van der Waals surface area (Å²) in [6.07, 6.45) is 5.53. The molecule has 3 aromatic rings. The lowest BCUT2D eigenvalue weighted by molar-refractivity contribution is -0.141. The zero-order chi connectivity index (χ0) is 30.1. The number of rotatable bonds is 13. The van der Waals surface area contributed by atoms with Crippen LogP contribution in [-0.2, 0) is 32.6 Å². The predicted octanol–water partition coefficient (Wildman–Crippen LogP) is 5.38. The standard InChI is InChI=1S/C33H40FN3O4S/c1-25-13-6-11-20-30(25)37(42(2,40)41)22-12-21-32(38)36(24-27-16-7-10-19-29(27)34)31(23-26-14-4-3-5-15-26)33(39)35-28-17-8-9-18-28/h3-7,10-11,13-16,19-20,28,31H,8-9,12,17-18,21-24H2,1-2H3,(H,35,39). The number of sulfonamides is 1. The van der Waals surface area contributed by atoms with E-state index in [4.69, 9.17) is 0 Å². The minimum atomic E-state index is -3.60. The van der Waals surface area contributed by atoms with Crippen molar-refractivity contribution < 1.29 is 22.4 Å². The van der Waals surface area contributed by atoms with Gasteiger partial charge in [0.15, 0.2) is 0 Å². The van der Waals surface area contributed by atoms with Crippen LogP contribution < -0.4 is 9.62 Å². The van der Waals surface area contributed by atoms with Crippen LogP contribution in [0.3, 0.4) is 0 Å². The molecule has 224 valence electrons. The van der Waals surface area contributed by atoms with Crippen molar-refractivity contribution in [3.63, 3.8) is 0 Å². The molecule has 1 aliphatic rings.